The summed E-state index contributed by atoms with van der Waals surface area (Å²) in [6, 6.07) is 41.4. The van der Waals surface area contributed by atoms with Crippen molar-refractivity contribution in [2.75, 3.05) is 10.0 Å². The second-order valence-corrected chi connectivity index (χ2v) is 9.67. The highest BCUT2D eigenvalue weighted by Gasteiger charge is 2.41. The maximum absolute atomic E-state index is 5.29. The Morgan fingerprint density at radius 1 is 0.526 bits per heavy atom. The fourth-order valence-electron chi connectivity index (χ4n) is 5.44. The van der Waals surface area contributed by atoms with E-state index in [2.05, 4.69) is 93.7 Å². The van der Waals surface area contributed by atoms with Gasteiger partial charge in [0.25, 0.3) is 0 Å². The van der Waals surface area contributed by atoms with Crippen molar-refractivity contribution in [3.8, 4) is 0 Å². The third-order valence-corrected chi connectivity index (χ3v) is 7.28. The van der Waals surface area contributed by atoms with Gasteiger partial charge < -0.3 is 5.32 Å². The van der Waals surface area contributed by atoms with Crippen molar-refractivity contribution in [2.45, 2.75) is 30.8 Å². The molecule has 0 amide bonds. The number of nitrogens with zero attached hydrogens (tertiary/aromatic N) is 5. The number of para-hydroxylation sites is 2. The maximum Gasteiger partial charge on any atom is 0.145 e. The number of benzene rings is 4. The predicted octanol–water partition coefficient (Wildman–Crippen LogP) is 5.10. The zero-order valence-corrected chi connectivity index (χ0v) is 20.8. The first-order chi connectivity index (χ1) is 18.8. The van der Waals surface area contributed by atoms with Gasteiger partial charge in [0.15, 0.2) is 0 Å². The Hall–Kier alpha value is -4.62. The molecular formula is C31H28N7-. The normalized spacial score (nSPS) is 24.2. The predicted molar refractivity (Wildman–Crippen MR) is 153 cm³/mol. The minimum Gasteiger partial charge on any atom is -0.615 e. The number of hydrogen-bond acceptors (Lipinski definition) is 6. The molecule has 188 valence electrons. The van der Waals surface area contributed by atoms with Gasteiger partial charge in [0.2, 0.25) is 0 Å². The van der Waals surface area contributed by atoms with Crippen LogP contribution in [-0.2, 0) is 0 Å². The second kappa shape index (κ2) is 9.68. The molecule has 0 saturated carbocycles. The maximum atomic E-state index is 5.29. The molecule has 7 nitrogen and oxygen atoms in total. The fourth-order valence-corrected chi connectivity index (χ4v) is 5.44. The van der Waals surface area contributed by atoms with Gasteiger partial charge in [-0.15, -0.1) is 0 Å². The summed E-state index contributed by atoms with van der Waals surface area (Å²) < 4.78 is 0. The summed E-state index contributed by atoms with van der Waals surface area (Å²) in [6.45, 7) is 0. The standard InChI is InChI=1S/C31H28N7/c1-5-13-22(14-6-1)28-32-30-26(37(35-28)24-17-9-3-10-18-24)21-27-31(34-30)33-29(23-15-7-2-8-16-23)36-38(27)25-19-11-4-12-20-25/h1-20,26-27,30-31H,21H2,(H,32,35)(H,33,36)/q-1. The molecule has 7 rings (SSSR count). The molecule has 38 heavy (non-hydrogen) atoms. The van der Waals surface area contributed by atoms with E-state index >= 15 is 0 Å². The number of piperidine rings is 1. The van der Waals surface area contributed by atoms with Gasteiger partial charge in [-0.2, -0.15) is 0 Å². The van der Waals surface area contributed by atoms with Crippen LogP contribution < -0.4 is 20.9 Å². The van der Waals surface area contributed by atoms with E-state index in [1.807, 2.05) is 48.5 Å². The van der Waals surface area contributed by atoms with E-state index < -0.39 is 0 Å². The zero-order chi connectivity index (χ0) is 25.3. The molecule has 3 aliphatic rings. The van der Waals surface area contributed by atoms with Crippen molar-refractivity contribution in [3.63, 3.8) is 0 Å². The minimum atomic E-state index is -0.260. The van der Waals surface area contributed by atoms with Crippen LogP contribution in [0.2, 0.25) is 0 Å². The van der Waals surface area contributed by atoms with Crippen molar-refractivity contribution in [3.05, 3.63) is 138 Å². The molecule has 7 heteroatoms. The lowest BCUT2D eigenvalue weighted by Crippen LogP contribution is -2.67. The van der Waals surface area contributed by atoms with E-state index in [1.54, 1.807) is 0 Å². The van der Waals surface area contributed by atoms with Crippen LogP contribution in [0.1, 0.15) is 17.5 Å². The average molecular weight is 499 g/mol. The molecule has 0 radical (unpaired) electrons. The van der Waals surface area contributed by atoms with E-state index in [9.17, 15) is 0 Å². The summed E-state index contributed by atoms with van der Waals surface area (Å²) in [5, 5.41) is 9.76. The Balaban J connectivity index is 1.30. The molecule has 0 spiro atoms. The van der Waals surface area contributed by atoms with E-state index in [0.717, 1.165) is 40.6 Å². The first-order valence-corrected chi connectivity index (χ1v) is 13.0. The summed E-state index contributed by atoms with van der Waals surface area (Å²) in [5.74, 6) is 1.64. The molecule has 4 unspecified atom stereocenters. The summed E-state index contributed by atoms with van der Waals surface area (Å²) in [4.78, 5) is 10.3. The number of amidine groups is 2. The van der Waals surface area contributed by atoms with Crippen LogP contribution >= 0.6 is 0 Å². The van der Waals surface area contributed by atoms with Gasteiger partial charge in [0.1, 0.15) is 11.7 Å². The van der Waals surface area contributed by atoms with Crippen LogP contribution in [0.4, 0.5) is 11.4 Å². The first-order valence-electron chi connectivity index (χ1n) is 13.0. The molecule has 0 aromatic heterocycles. The number of aliphatic imine (C=N–C) groups is 2. The Bertz CT molecular complexity index is 1330. The molecule has 4 atom stereocenters. The average Bonchev–Trinajstić information content (AvgIpc) is 3.00. The number of hydrogen-bond donors (Lipinski definition) is 2. The highest BCUT2D eigenvalue weighted by Crippen LogP contribution is 2.38. The van der Waals surface area contributed by atoms with Crippen molar-refractivity contribution in [1.29, 1.82) is 0 Å². The summed E-state index contributed by atoms with van der Waals surface area (Å²) in [7, 11) is 0. The molecule has 3 aliphatic heterocycles. The Morgan fingerprint density at radius 3 is 1.29 bits per heavy atom. The number of anilines is 2. The third kappa shape index (κ3) is 4.17. The molecule has 0 bridgehead atoms. The van der Waals surface area contributed by atoms with Crippen molar-refractivity contribution < 1.29 is 0 Å². The van der Waals surface area contributed by atoms with Crippen molar-refractivity contribution in [2.24, 2.45) is 9.98 Å². The number of nitrogens with one attached hydrogen (secondary N) is 2. The Labute approximate surface area is 222 Å². The smallest absolute Gasteiger partial charge is 0.145 e. The Morgan fingerprint density at radius 2 is 0.895 bits per heavy atom. The molecule has 1 fully saturated rings. The molecule has 3 heterocycles. The van der Waals surface area contributed by atoms with Crippen LogP contribution in [0.3, 0.4) is 0 Å². The van der Waals surface area contributed by atoms with Crippen LogP contribution in [0.5, 0.6) is 0 Å². The first kappa shape index (κ1) is 22.6. The van der Waals surface area contributed by atoms with Gasteiger partial charge in [-0.05, 0) is 43.0 Å². The van der Waals surface area contributed by atoms with Gasteiger partial charge in [0, 0.05) is 11.1 Å². The van der Waals surface area contributed by atoms with Crippen LogP contribution in [0, 0.1) is 0 Å². The minimum absolute atomic E-state index is 0.0209. The molecule has 1 saturated heterocycles. The highest BCUT2D eigenvalue weighted by atomic mass is 15.6. The zero-order valence-electron chi connectivity index (χ0n) is 20.8. The van der Waals surface area contributed by atoms with Gasteiger partial charge in [0.05, 0.1) is 23.5 Å². The van der Waals surface area contributed by atoms with Crippen LogP contribution in [0.25, 0.3) is 5.32 Å². The van der Waals surface area contributed by atoms with Gasteiger partial charge in [-0.25, -0.2) is 0 Å². The molecule has 4 aromatic rings. The SMILES string of the molecule is c1ccc(C2=NC3[N-]C4N=C(c5ccccc5)NN(c5ccccc5)C4CC3N(c3ccccc3)N2)cc1. The van der Waals surface area contributed by atoms with Crippen LogP contribution in [-0.4, -0.2) is 36.1 Å². The topological polar surface area (TPSA) is 69.4 Å². The number of hydrazine groups is 2. The Kier molecular flexibility index (Phi) is 5.75. The van der Waals surface area contributed by atoms with Crippen LogP contribution in [0.15, 0.2) is 131 Å². The summed E-state index contributed by atoms with van der Waals surface area (Å²) >= 11 is 0. The summed E-state index contributed by atoms with van der Waals surface area (Å²) in [6.07, 6.45) is 0.300. The number of rotatable bonds is 4. The molecule has 0 aliphatic carbocycles. The second-order valence-electron chi connectivity index (χ2n) is 9.67. The fraction of sp³-hybridized carbons (Fsp3) is 0.161. The van der Waals surface area contributed by atoms with Gasteiger partial charge >= 0.3 is 0 Å². The van der Waals surface area contributed by atoms with E-state index in [1.165, 1.54) is 0 Å². The molecular weight excluding hydrogens is 470 g/mol. The van der Waals surface area contributed by atoms with E-state index in [4.69, 9.17) is 15.3 Å². The van der Waals surface area contributed by atoms with E-state index in [-0.39, 0.29) is 24.4 Å². The number of fused-ring (bicyclic) bond motifs is 2. The lowest BCUT2D eigenvalue weighted by molar-refractivity contribution is 0.322. The van der Waals surface area contributed by atoms with Crippen molar-refractivity contribution in [1.82, 2.24) is 10.9 Å². The third-order valence-electron chi connectivity index (χ3n) is 7.28. The summed E-state index contributed by atoms with van der Waals surface area (Å²) in [5.41, 5.74) is 11.5. The molecule has 2 N–H and O–H groups in total. The highest BCUT2D eigenvalue weighted by molar-refractivity contribution is 6.01. The van der Waals surface area contributed by atoms with Gasteiger partial charge in [-0.1, -0.05) is 97.1 Å². The quantitative estimate of drug-likeness (QED) is 0.411. The monoisotopic (exact) mass is 498 g/mol. The van der Waals surface area contributed by atoms with Crippen molar-refractivity contribution >= 4 is 23.0 Å². The van der Waals surface area contributed by atoms with E-state index in [0.29, 0.717) is 0 Å². The lowest BCUT2D eigenvalue weighted by Gasteiger charge is -2.58. The lowest BCUT2D eigenvalue weighted by atomic mass is 9.93. The molecule has 4 aromatic carbocycles. The largest absolute Gasteiger partial charge is 0.615 e. The van der Waals surface area contributed by atoms with Gasteiger partial charge in [-0.3, -0.25) is 30.9 Å².